The smallest absolute Gasteiger partial charge is 0.0646 e. The maximum absolute atomic E-state index is 2.61. The van der Waals surface area contributed by atoms with Gasteiger partial charge in [0, 0.05) is 10.8 Å². The molecule has 2 aromatic carbocycles. The molecule has 2 heteroatoms. The summed E-state index contributed by atoms with van der Waals surface area (Å²) in [6.45, 7) is 18.8. The van der Waals surface area contributed by atoms with Gasteiger partial charge in [-0.25, -0.2) is 0 Å². The Balaban J connectivity index is 2.80. The molecule has 29 heavy (non-hydrogen) atoms. The average Bonchev–Trinajstić information content (AvgIpc) is 3.03. The second-order valence-electron chi connectivity index (χ2n) is 8.18. The van der Waals surface area contributed by atoms with Gasteiger partial charge in [-0.2, -0.15) is 0 Å². The molecule has 0 radical (unpaired) electrons. The van der Waals surface area contributed by atoms with Gasteiger partial charge in [0.2, 0.25) is 0 Å². The molecule has 0 unspecified atom stereocenters. The van der Waals surface area contributed by atoms with E-state index in [9.17, 15) is 0 Å². The first-order chi connectivity index (χ1) is 14.0. The third kappa shape index (κ3) is 3.16. The fourth-order valence-corrected chi connectivity index (χ4v) is 7.06. The standard InChI is InChI=1S/C27H38IN/c1-9-17-16(8)18(10-2)24-25-21(13-5)19(11-3)20(12-4)23(15-7)27(25)29(28)26(24)22(17)14-6/h9-15H2,1-8H3. The fraction of sp³-hybridized carbons (Fsp3) is 0.556. The zero-order chi connectivity index (χ0) is 21.5. The Morgan fingerprint density at radius 1 is 0.483 bits per heavy atom. The quantitative estimate of drug-likeness (QED) is 0.286. The summed E-state index contributed by atoms with van der Waals surface area (Å²) in [6, 6.07) is 0. The third-order valence-electron chi connectivity index (χ3n) is 7.13. The minimum absolute atomic E-state index is 1.11. The highest BCUT2D eigenvalue weighted by Crippen LogP contribution is 2.45. The van der Waals surface area contributed by atoms with Crippen LogP contribution in [0.4, 0.5) is 0 Å². The highest BCUT2D eigenvalue weighted by atomic mass is 127. The summed E-state index contributed by atoms with van der Waals surface area (Å²) in [7, 11) is 0. The van der Waals surface area contributed by atoms with Gasteiger partial charge in [-0.05, 0) is 96.4 Å². The van der Waals surface area contributed by atoms with Crippen molar-refractivity contribution in [3.8, 4) is 0 Å². The first kappa shape index (κ1) is 22.7. The molecule has 0 atom stereocenters. The van der Waals surface area contributed by atoms with Crippen molar-refractivity contribution in [3.05, 3.63) is 44.5 Å². The number of aryl methyl sites for hydroxylation is 4. The van der Waals surface area contributed by atoms with Crippen molar-refractivity contribution in [1.29, 1.82) is 0 Å². The Kier molecular flexibility index (Phi) is 7.03. The molecule has 0 N–H and O–H groups in total. The predicted octanol–water partition coefficient (Wildman–Crippen LogP) is 8.24. The maximum Gasteiger partial charge on any atom is 0.0646 e. The molecular formula is C27H38IN. The fourth-order valence-electron chi connectivity index (χ4n) is 5.99. The molecule has 158 valence electrons. The van der Waals surface area contributed by atoms with E-state index in [4.69, 9.17) is 0 Å². The van der Waals surface area contributed by atoms with Gasteiger partial charge < -0.3 is 0 Å². The zero-order valence-electron chi connectivity index (χ0n) is 19.8. The van der Waals surface area contributed by atoms with Crippen molar-refractivity contribution in [2.75, 3.05) is 0 Å². The lowest BCUT2D eigenvalue weighted by Crippen LogP contribution is -2.05. The second-order valence-corrected chi connectivity index (χ2v) is 9.14. The number of hydrogen-bond acceptors (Lipinski definition) is 0. The Morgan fingerprint density at radius 3 is 1.24 bits per heavy atom. The molecule has 1 aromatic heterocycles. The third-order valence-corrected chi connectivity index (χ3v) is 8.09. The van der Waals surface area contributed by atoms with E-state index >= 15 is 0 Å². The molecule has 0 aliphatic rings. The summed E-state index contributed by atoms with van der Waals surface area (Å²) >= 11 is 2.61. The summed E-state index contributed by atoms with van der Waals surface area (Å²) in [5, 5.41) is 3.13. The van der Waals surface area contributed by atoms with E-state index < -0.39 is 0 Å². The lowest BCUT2D eigenvalue weighted by atomic mass is 9.84. The van der Waals surface area contributed by atoms with E-state index in [2.05, 4.69) is 81.0 Å². The summed E-state index contributed by atoms with van der Waals surface area (Å²) in [6.07, 6.45) is 7.83. The van der Waals surface area contributed by atoms with E-state index in [1.54, 1.807) is 55.3 Å². The van der Waals surface area contributed by atoms with E-state index in [1.807, 2.05) is 0 Å². The van der Waals surface area contributed by atoms with E-state index in [1.165, 1.54) is 11.0 Å². The van der Waals surface area contributed by atoms with Crippen LogP contribution in [0.2, 0.25) is 0 Å². The van der Waals surface area contributed by atoms with Crippen LogP contribution in [0.3, 0.4) is 0 Å². The number of aromatic nitrogens is 1. The molecule has 0 spiro atoms. The second kappa shape index (κ2) is 8.99. The van der Waals surface area contributed by atoms with Crippen LogP contribution in [-0.4, -0.2) is 2.78 Å². The van der Waals surface area contributed by atoms with Crippen LogP contribution < -0.4 is 0 Å². The van der Waals surface area contributed by atoms with Gasteiger partial charge >= 0.3 is 0 Å². The topological polar surface area (TPSA) is 4.93 Å². The summed E-state index contributed by atoms with van der Waals surface area (Å²) in [4.78, 5) is 0. The lowest BCUT2D eigenvalue weighted by Gasteiger charge is -2.20. The van der Waals surface area contributed by atoms with Crippen molar-refractivity contribution in [2.24, 2.45) is 0 Å². The monoisotopic (exact) mass is 503 g/mol. The minimum atomic E-state index is 1.11. The van der Waals surface area contributed by atoms with E-state index in [-0.39, 0.29) is 0 Å². The van der Waals surface area contributed by atoms with Gasteiger partial charge in [0.1, 0.15) is 0 Å². The van der Waals surface area contributed by atoms with Gasteiger partial charge in [0.05, 0.1) is 33.9 Å². The minimum Gasteiger partial charge on any atom is -0.281 e. The van der Waals surface area contributed by atoms with Gasteiger partial charge in [-0.15, -0.1) is 0 Å². The highest BCUT2D eigenvalue weighted by molar-refractivity contribution is 14.1. The molecule has 0 saturated carbocycles. The highest BCUT2D eigenvalue weighted by Gasteiger charge is 2.26. The Labute approximate surface area is 191 Å². The van der Waals surface area contributed by atoms with Crippen LogP contribution in [0, 0.1) is 6.92 Å². The number of halogens is 1. The first-order valence-corrected chi connectivity index (χ1v) is 12.8. The van der Waals surface area contributed by atoms with Crippen LogP contribution in [0.5, 0.6) is 0 Å². The van der Waals surface area contributed by atoms with Gasteiger partial charge in [-0.1, -0.05) is 48.5 Å². The Bertz CT molecular complexity index is 1070. The zero-order valence-corrected chi connectivity index (χ0v) is 21.9. The van der Waals surface area contributed by atoms with E-state index in [0.717, 1.165) is 44.9 Å². The molecule has 0 aliphatic carbocycles. The van der Waals surface area contributed by atoms with E-state index in [0.29, 0.717) is 0 Å². The largest absolute Gasteiger partial charge is 0.281 e. The molecule has 0 aliphatic heterocycles. The number of nitrogens with zero attached hydrogens (tertiary/aromatic N) is 1. The van der Waals surface area contributed by atoms with Crippen molar-refractivity contribution >= 4 is 44.7 Å². The first-order valence-electron chi connectivity index (χ1n) is 11.8. The number of hydrogen-bond donors (Lipinski definition) is 0. The lowest BCUT2D eigenvalue weighted by molar-refractivity contribution is 0.959. The van der Waals surface area contributed by atoms with Crippen LogP contribution in [0.25, 0.3) is 21.8 Å². The average molecular weight is 504 g/mol. The summed E-state index contributed by atoms with van der Waals surface area (Å²) < 4.78 is 2.55. The summed E-state index contributed by atoms with van der Waals surface area (Å²) in [5.74, 6) is 0. The summed E-state index contributed by atoms with van der Waals surface area (Å²) in [5.41, 5.74) is 15.7. The Hall–Kier alpha value is -1.03. The van der Waals surface area contributed by atoms with Gasteiger partial charge in [0.15, 0.2) is 0 Å². The molecule has 0 amide bonds. The van der Waals surface area contributed by atoms with Crippen LogP contribution >= 0.6 is 22.9 Å². The van der Waals surface area contributed by atoms with Crippen molar-refractivity contribution in [2.45, 2.75) is 100 Å². The van der Waals surface area contributed by atoms with Crippen LogP contribution in [0.1, 0.15) is 93.0 Å². The molecular weight excluding hydrogens is 465 g/mol. The normalized spacial score (nSPS) is 11.9. The molecule has 1 nitrogen and oxygen atoms in total. The molecule has 0 fully saturated rings. The van der Waals surface area contributed by atoms with Crippen molar-refractivity contribution in [3.63, 3.8) is 0 Å². The molecule has 3 aromatic rings. The van der Waals surface area contributed by atoms with Crippen LogP contribution in [0.15, 0.2) is 0 Å². The predicted molar refractivity (Wildman–Crippen MR) is 139 cm³/mol. The van der Waals surface area contributed by atoms with Crippen molar-refractivity contribution < 1.29 is 0 Å². The maximum atomic E-state index is 2.61. The molecule has 0 saturated heterocycles. The molecule has 3 rings (SSSR count). The molecule has 1 heterocycles. The molecule has 0 bridgehead atoms. The van der Waals surface area contributed by atoms with Gasteiger partial charge in [0.25, 0.3) is 0 Å². The number of fused-ring (bicyclic) bond motifs is 3. The number of rotatable bonds is 7. The van der Waals surface area contributed by atoms with Crippen LogP contribution in [-0.2, 0) is 44.9 Å². The van der Waals surface area contributed by atoms with Gasteiger partial charge in [-0.3, -0.25) is 2.78 Å². The Morgan fingerprint density at radius 2 is 0.828 bits per heavy atom. The number of benzene rings is 2. The van der Waals surface area contributed by atoms with Crippen molar-refractivity contribution in [1.82, 2.24) is 2.78 Å². The SMILES string of the molecule is CCc1c(CC)c(CC)c2c(c1CC)c1c(CC)c(C)c(CC)c(CC)c1n2I.